The SMILES string of the molecule is C[C@@H]1[C@@H](NC(=O)c2cc3c(Cl)cn(O)cc-3n2)C[C@H]2C[C@@H]1C2(C)C. The number of carbonyl (C=O) groups excluding carboxylic acids is 1. The number of aromatic nitrogens is 2. The van der Waals surface area contributed by atoms with E-state index in [0.717, 1.165) is 11.2 Å². The molecule has 5 aliphatic rings. The fourth-order valence-corrected chi connectivity index (χ4v) is 5.02. The lowest BCUT2D eigenvalue weighted by molar-refractivity contribution is -0.113. The molecule has 5 nitrogen and oxygen atoms in total. The zero-order valence-corrected chi connectivity index (χ0v) is 14.8. The molecule has 3 saturated carbocycles. The van der Waals surface area contributed by atoms with Gasteiger partial charge in [0.25, 0.3) is 5.91 Å². The number of amides is 1. The Morgan fingerprint density at radius 3 is 2.83 bits per heavy atom. The zero-order chi connectivity index (χ0) is 17.2. The van der Waals surface area contributed by atoms with E-state index in [-0.39, 0.29) is 11.9 Å². The van der Waals surface area contributed by atoms with Crippen molar-refractivity contribution in [3.8, 4) is 11.3 Å². The van der Waals surface area contributed by atoms with E-state index in [4.69, 9.17) is 11.6 Å². The van der Waals surface area contributed by atoms with Gasteiger partial charge in [-0.05, 0) is 42.1 Å². The van der Waals surface area contributed by atoms with Gasteiger partial charge in [-0.3, -0.25) is 4.79 Å². The summed E-state index contributed by atoms with van der Waals surface area (Å²) in [5, 5.41) is 13.1. The van der Waals surface area contributed by atoms with Gasteiger partial charge in [0.15, 0.2) is 0 Å². The summed E-state index contributed by atoms with van der Waals surface area (Å²) >= 11 is 6.10. The molecule has 0 aromatic rings. The van der Waals surface area contributed by atoms with Crippen molar-refractivity contribution in [3.63, 3.8) is 0 Å². The monoisotopic (exact) mass is 347 g/mol. The van der Waals surface area contributed by atoms with E-state index >= 15 is 0 Å². The Bertz CT molecular complexity index is 785. The molecule has 6 heteroatoms. The van der Waals surface area contributed by atoms with Crippen molar-refractivity contribution >= 4 is 17.5 Å². The second kappa shape index (κ2) is 5.12. The third kappa shape index (κ3) is 2.21. The molecule has 0 aromatic carbocycles. The lowest BCUT2D eigenvalue weighted by atomic mass is 9.45. The molecule has 1 amide bonds. The van der Waals surface area contributed by atoms with Crippen molar-refractivity contribution in [3.05, 3.63) is 29.2 Å². The van der Waals surface area contributed by atoms with Crippen molar-refractivity contribution in [2.24, 2.45) is 23.2 Å². The predicted octanol–water partition coefficient (Wildman–Crippen LogP) is 3.68. The van der Waals surface area contributed by atoms with Gasteiger partial charge in [0.1, 0.15) is 5.69 Å². The first-order chi connectivity index (χ1) is 11.3. The quantitative estimate of drug-likeness (QED) is 0.814. The number of fused-ring (bicyclic) bond motifs is 3. The summed E-state index contributed by atoms with van der Waals surface area (Å²) in [5.41, 5.74) is 1.93. The number of hydrogen-bond donors (Lipinski definition) is 2. The smallest absolute Gasteiger partial charge is 0.270 e. The Kier molecular flexibility index (Phi) is 3.36. The molecule has 128 valence electrons. The number of carbonyl (C=O) groups is 1. The van der Waals surface area contributed by atoms with Crippen LogP contribution in [0, 0.1) is 23.2 Å². The largest absolute Gasteiger partial charge is 0.429 e. The van der Waals surface area contributed by atoms with E-state index in [1.54, 1.807) is 6.07 Å². The Labute approximate surface area is 146 Å². The maximum atomic E-state index is 12.6. The maximum absolute atomic E-state index is 12.6. The molecular formula is C18H22ClN3O2. The standard InChI is InChI=1S/C18H22ClN3O2/c1-9-12-4-10(18(12,2)3)5-14(9)21-17(23)15-6-11-13(19)7-22(24)8-16(11)20-15/h6-10,12,14,24H,4-5H2,1-3H3,(H,21,23)/t9-,10+,12-,14-/m0/s1. The van der Waals surface area contributed by atoms with Crippen molar-refractivity contribution in [2.45, 2.75) is 39.7 Å². The summed E-state index contributed by atoms with van der Waals surface area (Å²) < 4.78 is 0.859. The van der Waals surface area contributed by atoms with Crippen LogP contribution in [-0.2, 0) is 0 Å². The lowest BCUT2D eigenvalue weighted by Gasteiger charge is -2.62. The van der Waals surface area contributed by atoms with Crippen molar-refractivity contribution in [1.29, 1.82) is 0 Å². The van der Waals surface area contributed by atoms with E-state index in [1.807, 2.05) is 0 Å². The van der Waals surface area contributed by atoms with E-state index in [9.17, 15) is 10.0 Å². The molecule has 0 saturated heterocycles. The minimum atomic E-state index is -0.164. The molecule has 2 aliphatic heterocycles. The number of halogens is 1. The van der Waals surface area contributed by atoms with Crippen LogP contribution in [0.1, 0.15) is 44.1 Å². The van der Waals surface area contributed by atoms with E-state index in [1.165, 1.54) is 18.8 Å². The van der Waals surface area contributed by atoms with Crippen LogP contribution >= 0.6 is 11.6 Å². The third-order valence-corrected chi connectivity index (χ3v) is 6.76. The van der Waals surface area contributed by atoms with Gasteiger partial charge in [0, 0.05) is 11.6 Å². The van der Waals surface area contributed by atoms with E-state index in [2.05, 4.69) is 31.1 Å². The Hall–Kier alpha value is -1.75. The minimum Gasteiger partial charge on any atom is -0.429 e. The van der Waals surface area contributed by atoms with Crippen molar-refractivity contribution < 1.29 is 10.0 Å². The highest BCUT2D eigenvalue weighted by molar-refractivity contribution is 6.33. The normalized spacial score (nSPS) is 30.8. The molecule has 2 N–H and O–H groups in total. The Morgan fingerprint density at radius 2 is 2.17 bits per heavy atom. The average molecular weight is 348 g/mol. The molecule has 24 heavy (non-hydrogen) atoms. The average Bonchev–Trinajstić information content (AvgIpc) is 2.93. The second-order valence-corrected chi connectivity index (χ2v) is 8.37. The summed E-state index contributed by atoms with van der Waals surface area (Å²) in [6.45, 7) is 6.93. The third-order valence-electron chi connectivity index (χ3n) is 6.46. The van der Waals surface area contributed by atoms with Crippen LogP contribution in [-0.4, -0.2) is 26.9 Å². The summed E-state index contributed by atoms with van der Waals surface area (Å²) in [7, 11) is 0. The molecule has 2 bridgehead atoms. The highest BCUT2D eigenvalue weighted by atomic mass is 35.5. The molecule has 2 heterocycles. The van der Waals surface area contributed by atoms with E-state index in [0.29, 0.717) is 45.1 Å². The number of nitrogens with zero attached hydrogens (tertiary/aromatic N) is 2. The van der Waals surface area contributed by atoms with Crippen LogP contribution in [0.3, 0.4) is 0 Å². The van der Waals surface area contributed by atoms with Crippen molar-refractivity contribution in [2.75, 3.05) is 0 Å². The van der Waals surface area contributed by atoms with E-state index < -0.39 is 0 Å². The highest BCUT2D eigenvalue weighted by Gasteiger charge is 2.56. The van der Waals surface area contributed by atoms with Gasteiger partial charge < -0.3 is 10.5 Å². The molecule has 3 fully saturated rings. The molecule has 4 atom stereocenters. The molecule has 0 aromatic heterocycles. The lowest BCUT2D eigenvalue weighted by Crippen LogP contribution is -2.60. The number of hydrogen-bond acceptors (Lipinski definition) is 3. The van der Waals surface area contributed by atoms with Crippen LogP contribution in [0.25, 0.3) is 11.3 Å². The summed E-state index contributed by atoms with van der Waals surface area (Å²) in [6, 6.07) is 1.89. The molecule has 0 spiro atoms. The summed E-state index contributed by atoms with van der Waals surface area (Å²) in [6.07, 6.45) is 5.14. The van der Waals surface area contributed by atoms with Crippen LogP contribution in [0.2, 0.25) is 5.02 Å². The number of pyridine rings is 1. The molecule has 0 radical (unpaired) electrons. The Balaban J connectivity index is 1.54. The van der Waals surface area contributed by atoms with Gasteiger partial charge in [0.05, 0.1) is 23.1 Å². The van der Waals surface area contributed by atoms with Gasteiger partial charge in [0.2, 0.25) is 0 Å². The van der Waals surface area contributed by atoms with Gasteiger partial charge >= 0.3 is 0 Å². The second-order valence-electron chi connectivity index (χ2n) is 7.96. The van der Waals surface area contributed by atoms with Gasteiger partial charge in [-0.1, -0.05) is 32.4 Å². The van der Waals surface area contributed by atoms with Gasteiger partial charge in [-0.15, -0.1) is 0 Å². The topological polar surface area (TPSA) is 67.2 Å². The van der Waals surface area contributed by atoms with Crippen LogP contribution in [0.15, 0.2) is 18.5 Å². The zero-order valence-electron chi connectivity index (χ0n) is 14.1. The van der Waals surface area contributed by atoms with Crippen LogP contribution < -0.4 is 5.32 Å². The van der Waals surface area contributed by atoms with Crippen molar-refractivity contribution in [1.82, 2.24) is 15.0 Å². The number of rotatable bonds is 2. The Morgan fingerprint density at radius 1 is 1.42 bits per heavy atom. The maximum Gasteiger partial charge on any atom is 0.270 e. The predicted molar refractivity (Wildman–Crippen MR) is 91.5 cm³/mol. The minimum absolute atomic E-state index is 0.164. The first-order valence-corrected chi connectivity index (χ1v) is 8.83. The first kappa shape index (κ1) is 15.8. The molecular weight excluding hydrogens is 326 g/mol. The first-order valence-electron chi connectivity index (χ1n) is 8.45. The van der Waals surface area contributed by atoms with Gasteiger partial charge in [-0.2, -0.15) is 4.73 Å². The fourth-order valence-electron chi connectivity index (χ4n) is 4.77. The molecule has 5 rings (SSSR count). The highest BCUT2D eigenvalue weighted by Crippen LogP contribution is 2.61. The summed E-state index contributed by atoms with van der Waals surface area (Å²) in [4.78, 5) is 16.9. The molecule has 3 aliphatic carbocycles. The van der Waals surface area contributed by atoms with Crippen LogP contribution in [0.4, 0.5) is 0 Å². The summed E-state index contributed by atoms with van der Waals surface area (Å²) in [5.74, 6) is 1.68. The fraction of sp³-hybridized carbons (Fsp3) is 0.556. The van der Waals surface area contributed by atoms with Crippen LogP contribution in [0.5, 0.6) is 0 Å². The molecule has 0 unspecified atom stereocenters. The van der Waals surface area contributed by atoms with Gasteiger partial charge in [-0.25, -0.2) is 4.98 Å². The number of nitrogens with one attached hydrogen (secondary N) is 1.